The lowest BCUT2D eigenvalue weighted by atomic mass is 10.2. The molecule has 0 spiro atoms. The number of carbonyl (C=O) groups is 1. The third kappa shape index (κ3) is 5.31. The first-order chi connectivity index (χ1) is 15.1. The molecule has 4 rings (SSSR count). The number of hydrogen-bond donors (Lipinski definition) is 0. The molecule has 3 heterocycles. The monoisotopic (exact) mass is 453 g/mol. The predicted molar refractivity (Wildman–Crippen MR) is 118 cm³/mol. The molecule has 0 amide bonds. The second-order valence-corrected chi connectivity index (χ2v) is 8.35. The lowest BCUT2D eigenvalue weighted by Gasteiger charge is -2.07. The molecular weight excluding hydrogens is 434 g/mol. The van der Waals surface area contributed by atoms with Gasteiger partial charge in [-0.2, -0.15) is 0 Å². The van der Waals surface area contributed by atoms with Crippen molar-refractivity contribution in [1.29, 1.82) is 0 Å². The number of pyridine rings is 1. The van der Waals surface area contributed by atoms with Crippen LogP contribution in [0.5, 0.6) is 5.75 Å². The summed E-state index contributed by atoms with van der Waals surface area (Å²) >= 11 is 2.90. The van der Waals surface area contributed by atoms with Crippen LogP contribution < -0.4 is 4.74 Å². The number of aromatic nitrogens is 3. The summed E-state index contributed by atoms with van der Waals surface area (Å²) in [7, 11) is 1.63. The maximum atomic E-state index is 12.7. The Balaban J connectivity index is 1.39. The first-order valence-corrected chi connectivity index (χ1v) is 11.2. The summed E-state index contributed by atoms with van der Waals surface area (Å²) in [5.74, 6) is 1.61. The minimum Gasteiger partial charge on any atom is -0.497 e. The average molecular weight is 454 g/mol. The molecule has 7 nitrogen and oxygen atoms in total. The molecule has 0 aliphatic carbocycles. The van der Waals surface area contributed by atoms with Crippen molar-refractivity contribution in [2.45, 2.75) is 24.3 Å². The maximum absolute atomic E-state index is 12.7. The molecule has 3 aromatic heterocycles. The molecule has 0 aliphatic heterocycles. The summed E-state index contributed by atoms with van der Waals surface area (Å²) in [5, 5.41) is 7.27. The van der Waals surface area contributed by atoms with Crippen molar-refractivity contribution in [2.75, 3.05) is 7.11 Å². The molecule has 1 aromatic carbocycles. The summed E-state index contributed by atoms with van der Waals surface area (Å²) in [6.07, 6.45) is 1.65. The zero-order valence-corrected chi connectivity index (χ0v) is 18.5. The van der Waals surface area contributed by atoms with Gasteiger partial charge in [0.25, 0.3) is 0 Å². The van der Waals surface area contributed by atoms with E-state index in [1.165, 1.54) is 23.1 Å². The van der Waals surface area contributed by atoms with E-state index in [4.69, 9.17) is 14.0 Å². The van der Waals surface area contributed by atoms with Crippen LogP contribution in [0, 0.1) is 6.92 Å². The van der Waals surface area contributed by atoms with E-state index in [0.717, 1.165) is 27.8 Å². The highest BCUT2D eigenvalue weighted by atomic mass is 32.2. The van der Waals surface area contributed by atoms with E-state index in [1.54, 1.807) is 25.4 Å². The van der Waals surface area contributed by atoms with Gasteiger partial charge in [0.2, 0.25) is 0 Å². The zero-order valence-electron chi connectivity index (χ0n) is 16.9. The van der Waals surface area contributed by atoms with E-state index in [-0.39, 0.29) is 6.61 Å². The number of esters is 1. The quantitative estimate of drug-likeness (QED) is 0.267. The fourth-order valence-corrected chi connectivity index (χ4v) is 4.43. The Labute approximate surface area is 187 Å². The van der Waals surface area contributed by atoms with Gasteiger partial charge in [-0.1, -0.05) is 29.1 Å². The van der Waals surface area contributed by atoms with Crippen molar-refractivity contribution in [3.05, 3.63) is 76.8 Å². The van der Waals surface area contributed by atoms with Crippen LogP contribution in [0.4, 0.5) is 0 Å². The minimum atomic E-state index is -0.442. The van der Waals surface area contributed by atoms with Crippen LogP contribution >= 0.6 is 23.1 Å². The fraction of sp³-hybridized carbons (Fsp3) is 0.182. The second kappa shape index (κ2) is 9.76. The molecule has 0 unspecified atom stereocenters. The predicted octanol–water partition coefficient (Wildman–Crippen LogP) is 5.16. The molecule has 0 atom stereocenters. The summed E-state index contributed by atoms with van der Waals surface area (Å²) in [5.41, 5.74) is 2.85. The first kappa shape index (κ1) is 21.1. The molecule has 158 valence electrons. The van der Waals surface area contributed by atoms with Crippen LogP contribution in [0.2, 0.25) is 0 Å². The average Bonchev–Trinajstić information content (AvgIpc) is 3.45. The Morgan fingerprint density at radius 3 is 2.90 bits per heavy atom. The smallest absolute Gasteiger partial charge is 0.341 e. The van der Waals surface area contributed by atoms with Crippen molar-refractivity contribution >= 4 is 29.1 Å². The number of benzene rings is 1. The number of thioether (sulfide) groups is 1. The van der Waals surface area contributed by atoms with Crippen molar-refractivity contribution < 1.29 is 18.8 Å². The van der Waals surface area contributed by atoms with E-state index in [2.05, 4.69) is 15.1 Å². The molecule has 0 N–H and O–H groups in total. The van der Waals surface area contributed by atoms with Crippen molar-refractivity contribution in [2.24, 2.45) is 0 Å². The van der Waals surface area contributed by atoms with Crippen LogP contribution in [-0.4, -0.2) is 28.2 Å². The highest BCUT2D eigenvalue weighted by molar-refractivity contribution is 7.98. The highest BCUT2D eigenvalue weighted by Gasteiger charge is 2.16. The molecule has 0 bridgehead atoms. The molecular formula is C22H19N3O4S2. The zero-order chi connectivity index (χ0) is 21.6. The maximum Gasteiger partial charge on any atom is 0.341 e. The number of ether oxygens (including phenoxy) is 2. The molecule has 31 heavy (non-hydrogen) atoms. The third-order valence-corrected chi connectivity index (χ3v) is 6.22. The second-order valence-electron chi connectivity index (χ2n) is 6.53. The van der Waals surface area contributed by atoms with Gasteiger partial charge >= 0.3 is 5.97 Å². The number of rotatable bonds is 8. The van der Waals surface area contributed by atoms with Gasteiger partial charge in [0, 0.05) is 29.0 Å². The Hall–Kier alpha value is -3.17. The molecule has 0 fully saturated rings. The Morgan fingerprint density at radius 2 is 2.10 bits per heavy atom. The van der Waals surface area contributed by atoms with E-state index in [1.807, 2.05) is 42.6 Å². The minimum absolute atomic E-state index is 0.0841. The van der Waals surface area contributed by atoms with E-state index >= 15 is 0 Å². The SMILES string of the molecule is COc1cccc(-c2nc(COC(=O)c3cccnc3SCc3cc(C)on3)cs2)c1. The van der Waals surface area contributed by atoms with E-state index < -0.39 is 5.97 Å². The number of methoxy groups -OCH3 is 1. The summed E-state index contributed by atoms with van der Waals surface area (Å²) < 4.78 is 15.8. The molecule has 0 saturated carbocycles. The van der Waals surface area contributed by atoms with E-state index in [0.29, 0.717) is 22.0 Å². The molecule has 4 aromatic rings. The Kier molecular flexibility index (Phi) is 6.63. The highest BCUT2D eigenvalue weighted by Crippen LogP contribution is 2.28. The first-order valence-electron chi connectivity index (χ1n) is 9.38. The van der Waals surface area contributed by atoms with Gasteiger partial charge in [0.1, 0.15) is 28.2 Å². The number of nitrogens with zero attached hydrogens (tertiary/aromatic N) is 3. The van der Waals surface area contributed by atoms with Gasteiger partial charge in [-0.25, -0.2) is 14.8 Å². The van der Waals surface area contributed by atoms with Crippen LogP contribution in [0.1, 0.15) is 27.5 Å². The fourth-order valence-electron chi connectivity index (χ4n) is 2.77. The molecule has 9 heteroatoms. The third-order valence-electron chi connectivity index (χ3n) is 4.24. The van der Waals surface area contributed by atoms with E-state index in [9.17, 15) is 4.79 Å². The Bertz CT molecular complexity index is 1190. The molecule has 0 aliphatic rings. The van der Waals surface area contributed by atoms with Crippen molar-refractivity contribution in [3.63, 3.8) is 0 Å². The largest absolute Gasteiger partial charge is 0.497 e. The lowest BCUT2D eigenvalue weighted by molar-refractivity contribution is 0.0463. The summed E-state index contributed by atoms with van der Waals surface area (Å²) in [6.45, 7) is 1.92. The van der Waals surface area contributed by atoms with Crippen LogP contribution in [0.25, 0.3) is 10.6 Å². The van der Waals surface area contributed by atoms with Gasteiger partial charge in [0.15, 0.2) is 0 Å². The normalized spacial score (nSPS) is 10.8. The summed E-state index contributed by atoms with van der Waals surface area (Å²) in [6, 6.07) is 13.0. The van der Waals surface area contributed by atoms with Gasteiger partial charge in [-0.15, -0.1) is 11.3 Å². The van der Waals surface area contributed by atoms with Crippen LogP contribution in [0.15, 0.2) is 63.6 Å². The Morgan fingerprint density at radius 1 is 1.19 bits per heavy atom. The number of aryl methyl sites for hydroxylation is 1. The topological polar surface area (TPSA) is 87.3 Å². The van der Waals surface area contributed by atoms with Gasteiger partial charge < -0.3 is 14.0 Å². The van der Waals surface area contributed by atoms with Crippen LogP contribution in [-0.2, 0) is 17.1 Å². The summed E-state index contributed by atoms with van der Waals surface area (Å²) in [4.78, 5) is 21.5. The lowest BCUT2D eigenvalue weighted by Crippen LogP contribution is -2.08. The number of thiazole rings is 1. The number of carbonyl (C=O) groups excluding carboxylic acids is 1. The van der Waals surface area contributed by atoms with Crippen molar-refractivity contribution in [3.8, 4) is 16.3 Å². The number of hydrogen-bond acceptors (Lipinski definition) is 9. The molecule has 0 saturated heterocycles. The standard InChI is InChI=1S/C22H19N3O4S2/c1-14-9-16(25-29-14)12-31-21-19(7-4-8-23-21)22(26)28-11-17-13-30-20(24-17)15-5-3-6-18(10-15)27-2/h3-10,13H,11-12H2,1-2H3. The van der Waals surface area contributed by atoms with Gasteiger partial charge in [-0.05, 0) is 31.2 Å². The molecule has 0 radical (unpaired) electrons. The van der Waals surface area contributed by atoms with Gasteiger partial charge in [-0.3, -0.25) is 0 Å². The van der Waals surface area contributed by atoms with Crippen molar-refractivity contribution in [1.82, 2.24) is 15.1 Å². The van der Waals surface area contributed by atoms with Crippen LogP contribution in [0.3, 0.4) is 0 Å². The van der Waals surface area contributed by atoms with Gasteiger partial charge in [0.05, 0.1) is 24.1 Å².